The van der Waals surface area contributed by atoms with Crippen LogP contribution in [-0.4, -0.2) is 30.1 Å². The standard InChI is InChI=1S/C16H23FN2O3/c1-3-4-12(7-8-20)10-18-15(21)16(22)19-13-5-6-14(17)11(2)9-13/h5-6,9,12,20H,3-4,7-8,10H2,1-2H3,(H,18,21)(H,19,22). The van der Waals surface area contributed by atoms with E-state index in [1.807, 2.05) is 6.92 Å². The smallest absolute Gasteiger partial charge is 0.313 e. The van der Waals surface area contributed by atoms with Crippen molar-refractivity contribution in [3.05, 3.63) is 29.6 Å². The van der Waals surface area contributed by atoms with Crippen LogP contribution in [0.4, 0.5) is 10.1 Å². The second-order valence-corrected chi connectivity index (χ2v) is 5.30. The van der Waals surface area contributed by atoms with Crippen LogP contribution in [0, 0.1) is 18.7 Å². The zero-order chi connectivity index (χ0) is 16.5. The summed E-state index contributed by atoms with van der Waals surface area (Å²) in [7, 11) is 0. The molecule has 1 aromatic carbocycles. The second kappa shape index (κ2) is 9.15. The first-order valence-electron chi connectivity index (χ1n) is 7.44. The van der Waals surface area contributed by atoms with Crippen LogP contribution >= 0.6 is 0 Å². The van der Waals surface area contributed by atoms with E-state index in [9.17, 15) is 14.0 Å². The summed E-state index contributed by atoms with van der Waals surface area (Å²) in [6, 6.07) is 4.10. The minimum absolute atomic E-state index is 0.0571. The first-order chi connectivity index (χ1) is 10.5. The van der Waals surface area contributed by atoms with Crippen LogP contribution in [0.15, 0.2) is 18.2 Å². The maximum atomic E-state index is 13.1. The van der Waals surface area contributed by atoms with Gasteiger partial charge in [0.05, 0.1) is 0 Å². The topological polar surface area (TPSA) is 78.4 Å². The van der Waals surface area contributed by atoms with Crippen molar-refractivity contribution in [1.82, 2.24) is 5.32 Å². The Morgan fingerprint density at radius 1 is 1.27 bits per heavy atom. The van der Waals surface area contributed by atoms with Gasteiger partial charge in [0.15, 0.2) is 0 Å². The molecule has 0 saturated heterocycles. The summed E-state index contributed by atoms with van der Waals surface area (Å²) in [5, 5.41) is 14.0. The Morgan fingerprint density at radius 2 is 2.00 bits per heavy atom. The van der Waals surface area contributed by atoms with Crippen molar-refractivity contribution < 1.29 is 19.1 Å². The average Bonchev–Trinajstić information content (AvgIpc) is 2.48. The SMILES string of the molecule is CCCC(CCO)CNC(=O)C(=O)Nc1ccc(F)c(C)c1. The number of aliphatic hydroxyl groups is 1. The quantitative estimate of drug-likeness (QED) is 0.674. The van der Waals surface area contributed by atoms with Crippen LogP contribution in [0.1, 0.15) is 31.7 Å². The van der Waals surface area contributed by atoms with Crippen LogP contribution < -0.4 is 10.6 Å². The van der Waals surface area contributed by atoms with E-state index < -0.39 is 11.8 Å². The van der Waals surface area contributed by atoms with Crippen LogP contribution in [0.2, 0.25) is 0 Å². The van der Waals surface area contributed by atoms with E-state index >= 15 is 0 Å². The molecule has 122 valence electrons. The van der Waals surface area contributed by atoms with Crippen molar-refractivity contribution in [3.63, 3.8) is 0 Å². The van der Waals surface area contributed by atoms with Crippen molar-refractivity contribution >= 4 is 17.5 Å². The van der Waals surface area contributed by atoms with Gasteiger partial charge in [-0.25, -0.2) is 4.39 Å². The number of rotatable bonds is 7. The van der Waals surface area contributed by atoms with Crippen molar-refractivity contribution in [3.8, 4) is 0 Å². The fourth-order valence-corrected chi connectivity index (χ4v) is 2.17. The molecule has 0 spiro atoms. The van der Waals surface area contributed by atoms with Gasteiger partial charge in [0.2, 0.25) is 0 Å². The highest BCUT2D eigenvalue weighted by molar-refractivity contribution is 6.39. The lowest BCUT2D eigenvalue weighted by atomic mass is 10.0. The number of nitrogens with one attached hydrogen (secondary N) is 2. The number of halogens is 1. The van der Waals surface area contributed by atoms with E-state index in [-0.39, 0.29) is 18.3 Å². The molecule has 6 heteroatoms. The molecule has 1 atom stereocenters. The Morgan fingerprint density at radius 3 is 2.59 bits per heavy atom. The lowest BCUT2D eigenvalue weighted by Crippen LogP contribution is -2.38. The van der Waals surface area contributed by atoms with Gasteiger partial charge in [0.25, 0.3) is 0 Å². The number of hydrogen-bond donors (Lipinski definition) is 3. The van der Waals surface area contributed by atoms with Gasteiger partial charge < -0.3 is 15.7 Å². The third kappa shape index (κ3) is 5.81. The first kappa shape index (κ1) is 18.1. The lowest BCUT2D eigenvalue weighted by molar-refractivity contribution is -0.136. The normalized spacial score (nSPS) is 11.8. The molecule has 3 N–H and O–H groups in total. The minimum Gasteiger partial charge on any atom is -0.396 e. The monoisotopic (exact) mass is 310 g/mol. The molecule has 0 radical (unpaired) electrons. The molecule has 1 aromatic rings. The van der Waals surface area contributed by atoms with E-state index in [1.165, 1.54) is 18.2 Å². The molecular weight excluding hydrogens is 287 g/mol. The van der Waals surface area contributed by atoms with Crippen LogP contribution in [0.5, 0.6) is 0 Å². The summed E-state index contributed by atoms with van der Waals surface area (Å²) < 4.78 is 13.1. The number of amides is 2. The van der Waals surface area contributed by atoms with Crippen molar-refractivity contribution in [2.75, 3.05) is 18.5 Å². The summed E-state index contributed by atoms with van der Waals surface area (Å²) in [5.41, 5.74) is 0.767. The van der Waals surface area contributed by atoms with E-state index in [0.717, 1.165) is 12.8 Å². The molecule has 2 amide bonds. The van der Waals surface area contributed by atoms with Crippen molar-refractivity contribution in [2.45, 2.75) is 33.1 Å². The molecule has 0 bridgehead atoms. The summed E-state index contributed by atoms with van der Waals surface area (Å²) >= 11 is 0. The number of benzene rings is 1. The Hall–Kier alpha value is -1.95. The molecular formula is C16H23FN2O3. The molecule has 1 unspecified atom stereocenters. The van der Waals surface area contributed by atoms with Gasteiger partial charge in [-0.15, -0.1) is 0 Å². The lowest BCUT2D eigenvalue weighted by Gasteiger charge is -2.15. The Kier molecular flexibility index (Phi) is 7.52. The van der Waals surface area contributed by atoms with Crippen molar-refractivity contribution in [2.24, 2.45) is 5.92 Å². The summed E-state index contributed by atoms with van der Waals surface area (Å²) in [6.07, 6.45) is 2.41. The van der Waals surface area contributed by atoms with Crippen LogP contribution in [0.25, 0.3) is 0 Å². The second-order valence-electron chi connectivity index (χ2n) is 5.30. The van der Waals surface area contributed by atoms with E-state index in [4.69, 9.17) is 5.11 Å². The highest BCUT2D eigenvalue weighted by Crippen LogP contribution is 2.13. The zero-order valence-corrected chi connectivity index (χ0v) is 13.0. The first-order valence-corrected chi connectivity index (χ1v) is 7.44. The molecule has 1 rings (SSSR count). The molecule has 0 fully saturated rings. The third-order valence-electron chi connectivity index (χ3n) is 3.41. The summed E-state index contributed by atoms with van der Waals surface area (Å²) in [4.78, 5) is 23.5. The van der Waals surface area contributed by atoms with Gasteiger partial charge in [-0.2, -0.15) is 0 Å². The number of carbonyl (C=O) groups is 2. The van der Waals surface area contributed by atoms with E-state index in [1.54, 1.807) is 6.92 Å². The molecule has 0 aliphatic heterocycles. The van der Waals surface area contributed by atoms with Gasteiger partial charge in [0, 0.05) is 18.8 Å². The van der Waals surface area contributed by atoms with Gasteiger partial charge in [-0.05, 0) is 49.4 Å². The fraction of sp³-hybridized carbons (Fsp3) is 0.500. The van der Waals surface area contributed by atoms with Gasteiger partial charge in [-0.3, -0.25) is 9.59 Å². The molecule has 0 heterocycles. The largest absolute Gasteiger partial charge is 0.396 e. The predicted octanol–water partition coefficient (Wildman–Crippen LogP) is 1.99. The predicted molar refractivity (Wildman–Crippen MR) is 82.9 cm³/mol. The number of anilines is 1. The third-order valence-corrected chi connectivity index (χ3v) is 3.41. The molecule has 0 aliphatic carbocycles. The number of hydrogen-bond acceptors (Lipinski definition) is 3. The summed E-state index contributed by atoms with van der Waals surface area (Å²) in [6.45, 7) is 4.01. The average molecular weight is 310 g/mol. The molecule has 0 aliphatic rings. The van der Waals surface area contributed by atoms with E-state index in [0.29, 0.717) is 24.2 Å². The zero-order valence-electron chi connectivity index (χ0n) is 13.0. The highest BCUT2D eigenvalue weighted by Gasteiger charge is 2.16. The Labute approximate surface area is 129 Å². The molecule has 22 heavy (non-hydrogen) atoms. The Balaban J connectivity index is 2.50. The number of carbonyl (C=O) groups excluding carboxylic acids is 2. The van der Waals surface area contributed by atoms with Crippen LogP contribution in [0.3, 0.4) is 0 Å². The molecule has 0 aromatic heterocycles. The fourth-order valence-electron chi connectivity index (χ4n) is 2.17. The van der Waals surface area contributed by atoms with Gasteiger partial charge in [0.1, 0.15) is 5.82 Å². The van der Waals surface area contributed by atoms with E-state index in [2.05, 4.69) is 10.6 Å². The van der Waals surface area contributed by atoms with Gasteiger partial charge in [-0.1, -0.05) is 13.3 Å². The van der Waals surface area contributed by atoms with Gasteiger partial charge >= 0.3 is 11.8 Å². The maximum absolute atomic E-state index is 13.1. The van der Waals surface area contributed by atoms with Crippen molar-refractivity contribution in [1.29, 1.82) is 0 Å². The maximum Gasteiger partial charge on any atom is 0.313 e. The highest BCUT2D eigenvalue weighted by atomic mass is 19.1. The number of aliphatic hydroxyl groups excluding tert-OH is 1. The number of aryl methyl sites for hydroxylation is 1. The minimum atomic E-state index is -0.787. The summed E-state index contributed by atoms with van der Waals surface area (Å²) in [5.74, 6) is -1.74. The molecule has 5 nitrogen and oxygen atoms in total. The molecule has 0 saturated carbocycles. The van der Waals surface area contributed by atoms with Crippen LogP contribution in [-0.2, 0) is 9.59 Å². The Bertz CT molecular complexity index is 514.